The van der Waals surface area contributed by atoms with Crippen LogP contribution in [0.1, 0.15) is 18.4 Å². The Bertz CT molecular complexity index is 514. The highest BCUT2D eigenvalue weighted by Crippen LogP contribution is 2.13. The minimum atomic E-state index is -1.07. The molecule has 1 saturated heterocycles. The summed E-state index contributed by atoms with van der Waals surface area (Å²) in [5.41, 5.74) is 3.22. The number of nitrogens with one attached hydrogen (secondary N) is 1. The first-order valence-electron chi connectivity index (χ1n) is 7.61. The van der Waals surface area contributed by atoms with E-state index in [1.165, 1.54) is 0 Å². The van der Waals surface area contributed by atoms with Crippen LogP contribution in [0.5, 0.6) is 0 Å². The largest absolute Gasteiger partial charge is 0.480 e. The van der Waals surface area contributed by atoms with Crippen LogP contribution in [0.3, 0.4) is 0 Å². The topological polar surface area (TPSA) is 88.1 Å². The number of hydrogen-bond acceptors (Lipinski definition) is 5. The summed E-state index contributed by atoms with van der Waals surface area (Å²) in [5.74, 6) is -1.07. The number of rotatable bonds is 6. The summed E-state index contributed by atoms with van der Waals surface area (Å²) in [4.78, 5) is 29.8. The molecule has 0 spiro atoms. The van der Waals surface area contributed by atoms with Gasteiger partial charge in [-0.2, -0.15) is 0 Å². The molecule has 1 aromatic carbocycles. The second kappa shape index (κ2) is 8.50. The van der Waals surface area contributed by atoms with Crippen molar-refractivity contribution in [2.24, 2.45) is 0 Å². The maximum Gasteiger partial charge on any atom is 0.428 e. The third kappa shape index (κ3) is 5.22. The minimum Gasteiger partial charge on any atom is -0.480 e. The van der Waals surface area contributed by atoms with Gasteiger partial charge < -0.3 is 19.6 Å². The highest BCUT2D eigenvalue weighted by atomic mass is 16.7. The number of carbonyl (C=O) groups is 2. The lowest BCUT2D eigenvalue weighted by atomic mass is 10.1. The predicted octanol–water partition coefficient (Wildman–Crippen LogP) is 1.43. The molecule has 1 aliphatic heterocycles. The first-order chi connectivity index (χ1) is 11.1. The molecule has 1 atom stereocenters. The zero-order chi connectivity index (χ0) is 16.7. The lowest BCUT2D eigenvalue weighted by Gasteiger charge is -2.30. The zero-order valence-corrected chi connectivity index (χ0v) is 13.1. The summed E-state index contributed by atoms with van der Waals surface area (Å²) < 4.78 is 5.24. The van der Waals surface area contributed by atoms with Gasteiger partial charge in [0.05, 0.1) is 6.10 Å². The van der Waals surface area contributed by atoms with Gasteiger partial charge in [-0.1, -0.05) is 30.3 Å². The van der Waals surface area contributed by atoms with Crippen LogP contribution in [-0.2, 0) is 20.8 Å². The number of benzene rings is 1. The summed E-state index contributed by atoms with van der Waals surface area (Å²) in [5, 5.41) is 9.24. The molecule has 0 unspecified atom stereocenters. The lowest BCUT2D eigenvalue weighted by molar-refractivity contribution is -0.142. The average Bonchev–Trinajstić information content (AvgIpc) is 2.59. The van der Waals surface area contributed by atoms with E-state index in [0.717, 1.165) is 18.4 Å². The number of nitrogens with zero attached hydrogens (tertiary/aromatic N) is 1. The van der Waals surface area contributed by atoms with E-state index in [2.05, 4.69) is 5.48 Å². The molecular formula is C16H22N2O5. The van der Waals surface area contributed by atoms with E-state index >= 15 is 0 Å². The number of carboxylic acids is 1. The van der Waals surface area contributed by atoms with Crippen molar-refractivity contribution in [1.82, 2.24) is 10.4 Å². The smallest absolute Gasteiger partial charge is 0.428 e. The van der Waals surface area contributed by atoms with Gasteiger partial charge in [-0.25, -0.2) is 4.79 Å². The predicted molar refractivity (Wildman–Crippen MR) is 82.8 cm³/mol. The highest BCUT2D eigenvalue weighted by molar-refractivity contribution is 5.74. The van der Waals surface area contributed by atoms with E-state index in [1.807, 2.05) is 30.3 Å². The van der Waals surface area contributed by atoms with E-state index in [9.17, 15) is 14.7 Å². The summed E-state index contributed by atoms with van der Waals surface area (Å²) in [7, 11) is 1.65. The molecule has 1 aliphatic rings. The van der Waals surface area contributed by atoms with E-state index in [-0.39, 0.29) is 12.5 Å². The van der Waals surface area contributed by atoms with Crippen LogP contribution in [0, 0.1) is 0 Å². The van der Waals surface area contributed by atoms with Crippen molar-refractivity contribution >= 4 is 12.1 Å². The van der Waals surface area contributed by atoms with Gasteiger partial charge in [0.1, 0.15) is 6.04 Å². The van der Waals surface area contributed by atoms with Gasteiger partial charge in [0, 0.05) is 26.6 Å². The maximum absolute atomic E-state index is 12.0. The zero-order valence-electron chi connectivity index (χ0n) is 13.1. The molecule has 1 fully saturated rings. The third-order valence-electron chi connectivity index (χ3n) is 3.90. The fraction of sp³-hybridized carbons (Fsp3) is 0.500. The number of ether oxygens (including phenoxy) is 1. The number of carboxylic acid groups (broad SMARTS) is 1. The number of aliphatic carboxylic acids is 1. The Morgan fingerprint density at radius 2 is 1.96 bits per heavy atom. The molecule has 1 amide bonds. The molecule has 0 bridgehead atoms. The summed E-state index contributed by atoms with van der Waals surface area (Å²) in [6, 6.07) is 8.19. The quantitative estimate of drug-likeness (QED) is 0.771. The molecule has 7 heteroatoms. The fourth-order valence-electron chi connectivity index (χ4n) is 2.49. The van der Waals surface area contributed by atoms with Crippen LogP contribution in [-0.4, -0.2) is 54.4 Å². The molecule has 1 aromatic rings. The molecule has 126 valence electrons. The van der Waals surface area contributed by atoms with E-state index in [4.69, 9.17) is 9.57 Å². The summed E-state index contributed by atoms with van der Waals surface area (Å²) in [6.07, 6.45) is 1.33. The van der Waals surface area contributed by atoms with Crippen LogP contribution in [0.2, 0.25) is 0 Å². The summed E-state index contributed by atoms with van der Waals surface area (Å²) >= 11 is 0. The molecule has 1 heterocycles. The van der Waals surface area contributed by atoms with E-state index in [0.29, 0.717) is 13.1 Å². The molecule has 23 heavy (non-hydrogen) atoms. The van der Waals surface area contributed by atoms with Crippen LogP contribution < -0.4 is 5.48 Å². The molecule has 0 saturated carbocycles. The first kappa shape index (κ1) is 17.2. The molecule has 0 aromatic heterocycles. The Balaban J connectivity index is 1.82. The van der Waals surface area contributed by atoms with Crippen molar-refractivity contribution < 1.29 is 24.3 Å². The monoisotopic (exact) mass is 322 g/mol. The Morgan fingerprint density at radius 3 is 2.52 bits per heavy atom. The van der Waals surface area contributed by atoms with Crippen molar-refractivity contribution in [3.05, 3.63) is 35.9 Å². The van der Waals surface area contributed by atoms with Crippen molar-refractivity contribution in [2.45, 2.75) is 31.4 Å². The molecule has 2 rings (SSSR count). The number of hydroxylamine groups is 1. The van der Waals surface area contributed by atoms with Gasteiger partial charge in [-0.15, -0.1) is 5.48 Å². The van der Waals surface area contributed by atoms with E-state index < -0.39 is 18.1 Å². The van der Waals surface area contributed by atoms with Gasteiger partial charge in [-0.05, 0) is 18.4 Å². The Hall–Kier alpha value is -2.12. The maximum atomic E-state index is 12.0. The van der Waals surface area contributed by atoms with Crippen LogP contribution in [0.25, 0.3) is 0 Å². The fourth-order valence-corrected chi connectivity index (χ4v) is 2.49. The highest BCUT2D eigenvalue weighted by Gasteiger charge is 2.26. The number of hydrogen-bond donors (Lipinski definition) is 2. The third-order valence-corrected chi connectivity index (χ3v) is 3.90. The molecular weight excluding hydrogens is 300 g/mol. The molecule has 0 radical (unpaired) electrons. The summed E-state index contributed by atoms with van der Waals surface area (Å²) in [6.45, 7) is 1.07. The second-order valence-electron chi connectivity index (χ2n) is 5.49. The van der Waals surface area contributed by atoms with Gasteiger partial charge >= 0.3 is 12.1 Å². The SMILES string of the molecule is COC1CCN(C(=O)ON[C@@H](Cc2ccccc2)C(=O)O)CC1. The van der Waals surface area contributed by atoms with Gasteiger partial charge in [-0.3, -0.25) is 4.79 Å². The normalized spacial score (nSPS) is 16.8. The lowest BCUT2D eigenvalue weighted by Crippen LogP contribution is -2.46. The Morgan fingerprint density at radius 1 is 1.30 bits per heavy atom. The number of likely N-dealkylation sites (tertiary alicyclic amines) is 1. The van der Waals surface area contributed by atoms with Crippen molar-refractivity contribution in [1.29, 1.82) is 0 Å². The average molecular weight is 322 g/mol. The molecule has 7 nitrogen and oxygen atoms in total. The van der Waals surface area contributed by atoms with E-state index in [1.54, 1.807) is 12.0 Å². The van der Waals surface area contributed by atoms with Crippen LogP contribution in [0.4, 0.5) is 4.79 Å². The number of amides is 1. The number of piperidine rings is 1. The van der Waals surface area contributed by atoms with Gasteiger partial charge in [0.25, 0.3) is 0 Å². The minimum absolute atomic E-state index is 0.164. The van der Waals surface area contributed by atoms with Crippen molar-refractivity contribution in [3.63, 3.8) is 0 Å². The van der Waals surface area contributed by atoms with Gasteiger partial charge in [0.15, 0.2) is 0 Å². The van der Waals surface area contributed by atoms with Gasteiger partial charge in [0.2, 0.25) is 0 Å². The van der Waals surface area contributed by atoms with Crippen LogP contribution in [0.15, 0.2) is 30.3 Å². The number of methoxy groups -OCH3 is 1. The van der Waals surface area contributed by atoms with Crippen molar-refractivity contribution in [2.75, 3.05) is 20.2 Å². The Labute approximate surface area is 135 Å². The Kier molecular flexibility index (Phi) is 6.37. The van der Waals surface area contributed by atoms with Crippen LogP contribution >= 0.6 is 0 Å². The molecule has 2 N–H and O–H groups in total. The standard InChI is InChI=1S/C16H22N2O5/c1-22-13-7-9-18(10-8-13)16(21)23-17-14(15(19)20)11-12-5-3-2-4-6-12/h2-6,13-14,17H,7-11H2,1H3,(H,19,20)/t14-/m0/s1. The second-order valence-corrected chi connectivity index (χ2v) is 5.49. The first-order valence-corrected chi connectivity index (χ1v) is 7.61. The molecule has 0 aliphatic carbocycles. The van der Waals surface area contributed by atoms with Crippen molar-refractivity contribution in [3.8, 4) is 0 Å². The number of carbonyl (C=O) groups excluding carboxylic acids is 1.